The molecule has 1 saturated carbocycles. The van der Waals surface area contributed by atoms with E-state index in [1.165, 1.54) is 38.5 Å². The molecule has 2 aliphatic rings. The second kappa shape index (κ2) is 7.46. The van der Waals surface area contributed by atoms with Gasteiger partial charge in [-0.3, -0.25) is 0 Å². The maximum atomic E-state index is 5.78. The van der Waals surface area contributed by atoms with E-state index in [0.29, 0.717) is 12.1 Å². The molecule has 0 aromatic carbocycles. The quantitative estimate of drug-likeness (QED) is 0.723. The Morgan fingerprint density at radius 2 is 1.94 bits per heavy atom. The summed E-state index contributed by atoms with van der Waals surface area (Å²) in [4.78, 5) is 0. The summed E-state index contributed by atoms with van der Waals surface area (Å²) in [7, 11) is 1.88. The van der Waals surface area contributed by atoms with Crippen LogP contribution in [0.5, 0.6) is 0 Å². The number of hydrogen-bond donors (Lipinski definition) is 1. The van der Waals surface area contributed by atoms with Crippen LogP contribution < -0.4 is 5.32 Å². The third kappa shape index (κ3) is 4.22. The molecular weight excluding hydrogens is 226 g/mol. The van der Waals surface area contributed by atoms with Gasteiger partial charge in [0.2, 0.25) is 0 Å². The molecule has 3 heteroatoms. The second-order valence-electron chi connectivity index (χ2n) is 5.89. The van der Waals surface area contributed by atoms with Crippen molar-refractivity contribution < 1.29 is 9.47 Å². The molecule has 0 amide bonds. The van der Waals surface area contributed by atoms with Crippen molar-refractivity contribution in [2.75, 3.05) is 26.9 Å². The van der Waals surface area contributed by atoms with Gasteiger partial charge in [-0.1, -0.05) is 6.92 Å². The van der Waals surface area contributed by atoms with E-state index in [1.54, 1.807) is 0 Å². The largest absolute Gasteiger partial charge is 0.381 e. The lowest BCUT2D eigenvalue weighted by molar-refractivity contribution is 0.0234. The molecule has 0 radical (unpaired) electrons. The Labute approximate surface area is 112 Å². The zero-order valence-electron chi connectivity index (χ0n) is 12.0. The first-order valence-electron chi connectivity index (χ1n) is 7.69. The van der Waals surface area contributed by atoms with E-state index in [-0.39, 0.29) is 0 Å². The average molecular weight is 255 g/mol. The summed E-state index contributed by atoms with van der Waals surface area (Å²) >= 11 is 0. The van der Waals surface area contributed by atoms with E-state index in [9.17, 15) is 0 Å². The van der Waals surface area contributed by atoms with Gasteiger partial charge in [-0.25, -0.2) is 0 Å². The fraction of sp³-hybridized carbons (Fsp3) is 1.00. The minimum Gasteiger partial charge on any atom is -0.381 e. The molecule has 0 aromatic heterocycles. The number of methoxy groups -OCH3 is 1. The molecule has 0 aromatic rings. The molecule has 1 aliphatic heterocycles. The highest BCUT2D eigenvalue weighted by Crippen LogP contribution is 2.37. The van der Waals surface area contributed by atoms with E-state index in [0.717, 1.165) is 31.6 Å². The highest BCUT2D eigenvalue weighted by molar-refractivity contribution is 4.91. The SMILES string of the molecule is CCCNC(CC1CCOCC1)C(OC)C1CC1. The molecule has 2 atom stereocenters. The monoisotopic (exact) mass is 255 g/mol. The summed E-state index contributed by atoms with van der Waals surface area (Å²) in [6.45, 7) is 5.25. The molecule has 0 spiro atoms. The van der Waals surface area contributed by atoms with Gasteiger partial charge in [0, 0.05) is 26.4 Å². The van der Waals surface area contributed by atoms with Crippen LogP contribution in [0.15, 0.2) is 0 Å². The first-order chi connectivity index (χ1) is 8.85. The van der Waals surface area contributed by atoms with Crippen molar-refractivity contribution in [3.63, 3.8) is 0 Å². The van der Waals surface area contributed by atoms with E-state index >= 15 is 0 Å². The van der Waals surface area contributed by atoms with Crippen molar-refractivity contribution in [3.05, 3.63) is 0 Å². The van der Waals surface area contributed by atoms with Crippen LogP contribution in [0, 0.1) is 11.8 Å². The van der Waals surface area contributed by atoms with Crippen LogP contribution in [0.25, 0.3) is 0 Å². The van der Waals surface area contributed by atoms with Gasteiger partial charge in [-0.2, -0.15) is 0 Å². The lowest BCUT2D eigenvalue weighted by Gasteiger charge is -2.32. The summed E-state index contributed by atoms with van der Waals surface area (Å²) in [6.07, 6.45) is 8.06. The van der Waals surface area contributed by atoms with Crippen LogP contribution in [0.3, 0.4) is 0 Å². The molecule has 2 unspecified atom stereocenters. The summed E-state index contributed by atoms with van der Waals surface area (Å²) < 4.78 is 11.2. The standard InChI is InChI=1S/C15H29NO2/c1-3-8-16-14(15(17-2)13-4-5-13)11-12-6-9-18-10-7-12/h12-16H,3-11H2,1-2H3. The summed E-state index contributed by atoms with van der Waals surface area (Å²) in [5, 5.41) is 3.72. The van der Waals surface area contributed by atoms with Gasteiger partial charge in [-0.05, 0) is 56.9 Å². The zero-order chi connectivity index (χ0) is 12.8. The van der Waals surface area contributed by atoms with Crippen LogP contribution in [-0.2, 0) is 9.47 Å². The second-order valence-corrected chi connectivity index (χ2v) is 5.89. The molecule has 18 heavy (non-hydrogen) atoms. The van der Waals surface area contributed by atoms with Gasteiger partial charge in [0.15, 0.2) is 0 Å². The maximum absolute atomic E-state index is 5.78. The van der Waals surface area contributed by atoms with Crippen molar-refractivity contribution >= 4 is 0 Å². The van der Waals surface area contributed by atoms with Crippen molar-refractivity contribution in [1.82, 2.24) is 5.32 Å². The Morgan fingerprint density at radius 3 is 2.50 bits per heavy atom. The Morgan fingerprint density at radius 1 is 1.22 bits per heavy atom. The lowest BCUT2D eigenvalue weighted by atomic mass is 9.89. The molecular formula is C15H29NO2. The highest BCUT2D eigenvalue weighted by atomic mass is 16.5. The smallest absolute Gasteiger partial charge is 0.0752 e. The third-order valence-electron chi connectivity index (χ3n) is 4.34. The summed E-state index contributed by atoms with van der Waals surface area (Å²) in [5.74, 6) is 1.63. The van der Waals surface area contributed by atoms with Crippen LogP contribution in [0.1, 0.15) is 45.4 Å². The van der Waals surface area contributed by atoms with Crippen molar-refractivity contribution in [2.24, 2.45) is 11.8 Å². The maximum Gasteiger partial charge on any atom is 0.0752 e. The van der Waals surface area contributed by atoms with Crippen LogP contribution in [0.4, 0.5) is 0 Å². The fourth-order valence-electron chi connectivity index (χ4n) is 3.11. The number of hydrogen-bond acceptors (Lipinski definition) is 3. The van der Waals surface area contributed by atoms with E-state index in [2.05, 4.69) is 12.2 Å². The highest BCUT2D eigenvalue weighted by Gasteiger charge is 2.37. The Bertz CT molecular complexity index is 225. The van der Waals surface area contributed by atoms with E-state index < -0.39 is 0 Å². The molecule has 1 saturated heterocycles. The zero-order valence-corrected chi connectivity index (χ0v) is 12.0. The number of ether oxygens (including phenoxy) is 2. The molecule has 1 aliphatic carbocycles. The minimum atomic E-state index is 0.430. The van der Waals surface area contributed by atoms with Crippen molar-refractivity contribution in [2.45, 2.75) is 57.6 Å². The summed E-state index contributed by atoms with van der Waals surface area (Å²) in [6, 6.07) is 0.547. The van der Waals surface area contributed by atoms with Crippen molar-refractivity contribution in [1.29, 1.82) is 0 Å². The first-order valence-corrected chi connectivity index (χ1v) is 7.69. The molecule has 2 fully saturated rings. The third-order valence-corrected chi connectivity index (χ3v) is 4.34. The summed E-state index contributed by atoms with van der Waals surface area (Å²) in [5.41, 5.74) is 0. The molecule has 3 nitrogen and oxygen atoms in total. The Balaban J connectivity index is 1.85. The van der Waals surface area contributed by atoms with Crippen LogP contribution in [-0.4, -0.2) is 39.0 Å². The van der Waals surface area contributed by atoms with E-state index in [4.69, 9.17) is 9.47 Å². The number of nitrogens with one attached hydrogen (secondary N) is 1. The molecule has 1 heterocycles. The van der Waals surface area contributed by atoms with Crippen LogP contribution >= 0.6 is 0 Å². The van der Waals surface area contributed by atoms with Gasteiger partial charge in [0.05, 0.1) is 6.10 Å². The average Bonchev–Trinajstić information content (AvgIpc) is 3.22. The molecule has 106 valence electrons. The molecule has 1 N–H and O–H groups in total. The van der Waals surface area contributed by atoms with Crippen LogP contribution in [0.2, 0.25) is 0 Å². The number of rotatable bonds is 8. The normalized spacial score (nSPS) is 25.0. The van der Waals surface area contributed by atoms with Gasteiger partial charge >= 0.3 is 0 Å². The van der Waals surface area contributed by atoms with E-state index in [1.807, 2.05) is 7.11 Å². The van der Waals surface area contributed by atoms with Gasteiger partial charge < -0.3 is 14.8 Å². The first kappa shape index (κ1) is 14.3. The van der Waals surface area contributed by atoms with Crippen molar-refractivity contribution in [3.8, 4) is 0 Å². The minimum absolute atomic E-state index is 0.430. The molecule has 0 bridgehead atoms. The van der Waals surface area contributed by atoms with Gasteiger partial charge in [0.1, 0.15) is 0 Å². The van der Waals surface area contributed by atoms with Gasteiger partial charge in [-0.15, -0.1) is 0 Å². The Hall–Kier alpha value is -0.120. The van der Waals surface area contributed by atoms with Gasteiger partial charge in [0.25, 0.3) is 0 Å². The predicted octanol–water partition coefficient (Wildman–Crippen LogP) is 2.60. The Kier molecular flexibility index (Phi) is 5.93. The predicted molar refractivity (Wildman–Crippen MR) is 73.8 cm³/mol. The fourth-order valence-corrected chi connectivity index (χ4v) is 3.11. The lowest BCUT2D eigenvalue weighted by Crippen LogP contribution is -2.44. The molecule has 2 rings (SSSR count). The topological polar surface area (TPSA) is 30.5 Å².